The number of ketones is 1. The second-order valence-corrected chi connectivity index (χ2v) is 7.64. The number of amides is 1. The zero-order valence-electron chi connectivity index (χ0n) is 15.7. The van der Waals surface area contributed by atoms with Crippen LogP contribution in [0.2, 0.25) is 0 Å². The van der Waals surface area contributed by atoms with E-state index in [0.29, 0.717) is 19.6 Å². The highest BCUT2D eigenvalue weighted by atomic mass is 16.5. The van der Waals surface area contributed by atoms with Crippen LogP contribution in [-0.2, 0) is 14.3 Å². The Morgan fingerprint density at radius 2 is 2.08 bits per heavy atom. The molecule has 140 valence electrons. The molecule has 1 aromatic rings. The smallest absolute Gasteiger partial charge is 0.290 e. The van der Waals surface area contributed by atoms with Gasteiger partial charge in [-0.2, -0.15) is 0 Å². The van der Waals surface area contributed by atoms with Crippen LogP contribution < -0.4 is 0 Å². The molecule has 2 unspecified atom stereocenters. The Kier molecular flexibility index (Phi) is 5.47. The van der Waals surface area contributed by atoms with E-state index < -0.39 is 17.7 Å². The SMILES string of the molecule is Cc1ccccc1C1C(C(=O)CC(C)C)=C(O)C(=O)N1CC1CCCO1. The number of aliphatic hydroxyl groups excluding tert-OH is 1. The molecular weight excluding hydrogens is 330 g/mol. The standard InChI is InChI=1S/C21H27NO4/c1-13(2)11-17(23)18-19(16-9-5-4-7-14(16)3)22(21(25)20(18)24)12-15-8-6-10-26-15/h4-5,7,9,13,15,19,24H,6,8,10-12H2,1-3H3. The Hall–Kier alpha value is -2.14. The quantitative estimate of drug-likeness (QED) is 0.846. The molecule has 1 saturated heterocycles. The number of aryl methyl sites for hydroxylation is 1. The highest BCUT2D eigenvalue weighted by Gasteiger charge is 2.44. The third-order valence-corrected chi connectivity index (χ3v) is 5.11. The van der Waals surface area contributed by atoms with E-state index in [2.05, 4.69) is 0 Å². The van der Waals surface area contributed by atoms with Crippen molar-refractivity contribution in [2.45, 2.75) is 52.2 Å². The van der Waals surface area contributed by atoms with Crippen LogP contribution in [0.1, 0.15) is 50.3 Å². The van der Waals surface area contributed by atoms with Crippen molar-refractivity contribution in [1.29, 1.82) is 0 Å². The summed E-state index contributed by atoms with van der Waals surface area (Å²) >= 11 is 0. The molecule has 1 amide bonds. The van der Waals surface area contributed by atoms with Crippen molar-refractivity contribution >= 4 is 11.7 Å². The summed E-state index contributed by atoms with van der Waals surface area (Å²) in [5, 5.41) is 10.5. The maximum atomic E-state index is 12.9. The maximum Gasteiger partial charge on any atom is 0.290 e. The molecule has 0 spiro atoms. The van der Waals surface area contributed by atoms with Crippen LogP contribution in [0.25, 0.3) is 0 Å². The Morgan fingerprint density at radius 1 is 1.35 bits per heavy atom. The topological polar surface area (TPSA) is 66.8 Å². The molecule has 26 heavy (non-hydrogen) atoms. The predicted molar refractivity (Wildman–Crippen MR) is 98.7 cm³/mol. The normalized spacial score (nSPS) is 23.4. The zero-order valence-corrected chi connectivity index (χ0v) is 15.7. The number of benzene rings is 1. The molecule has 5 nitrogen and oxygen atoms in total. The molecule has 5 heteroatoms. The summed E-state index contributed by atoms with van der Waals surface area (Å²) in [5.41, 5.74) is 2.11. The van der Waals surface area contributed by atoms with Crippen LogP contribution in [0.3, 0.4) is 0 Å². The molecule has 2 aliphatic heterocycles. The maximum absolute atomic E-state index is 12.9. The summed E-state index contributed by atoms with van der Waals surface area (Å²) in [6, 6.07) is 7.18. The molecule has 2 heterocycles. The average Bonchev–Trinajstić information content (AvgIpc) is 3.17. The van der Waals surface area contributed by atoms with Crippen molar-refractivity contribution in [3.8, 4) is 0 Å². The van der Waals surface area contributed by atoms with Gasteiger partial charge in [0.2, 0.25) is 0 Å². The van der Waals surface area contributed by atoms with Gasteiger partial charge in [0, 0.05) is 19.6 Å². The van der Waals surface area contributed by atoms with E-state index in [1.165, 1.54) is 0 Å². The number of nitrogens with zero attached hydrogens (tertiary/aromatic N) is 1. The minimum atomic E-state index is -0.542. The molecule has 1 aromatic carbocycles. The first-order valence-electron chi connectivity index (χ1n) is 9.34. The van der Waals surface area contributed by atoms with Crippen LogP contribution in [0.4, 0.5) is 0 Å². The van der Waals surface area contributed by atoms with Crippen molar-refractivity contribution in [3.05, 3.63) is 46.7 Å². The average molecular weight is 357 g/mol. The number of hydrogen-bond donors (Lipinski definition) is 1. The first kappa shape index (κ1) is 18.6. The lowest BCUT2D eigenvalue weighted by atomic mass is 9.90. The highest BCUT2D eigenvalue weighted by molar-refractivity contribution is 6.09. The van der Waals surface area contributed by atoms with Crippen LogP contribution in [0.5, 0.6) is 0 Å². The Labute approximate surface area is 154 Å². The fourth-order valence-electron chi connectivity index (χ4n) is 3.83. The molecular formula is C21H27NO4. The van der Waals surface area contributed by atoms with Crippen molar-refractivity contribution in [3.63, 3.8) is 0 Å². The van der Waals surface area contributed by atoms with Crippen LogP contribution in [-0.4, -0.2) is 41.0 Å². The number of ether oxygens (including phenoxy) is 1. The Balaban J connectivity index is 2.01. The van der Waals surface area contributed by atoms with Gasteiger partial charge >= 0.3 is 0 Å². The monoisotopic (exact) mass is 357 g/mol. The van der Waals surface area contributed by atoms with Crippen LogP contribution in [0.15, 0.2) is 35.6 Å². The van der Waals surface area contributed by atoms with Gasteiger partial charge in [0.25, 0.3) is 5.91 Å². The second-order valence-electron chi connectivity index (χ2n) is 7.64. The number of aliphatic hydroxyl groups is 1. The minimum absolute atomic E-state index is 0.0437. The first-order valence-corrected chi connectivity index (χ1v) is 9.34. The molecule has 1 N–H and O–H groups in total. The van der Waals surface area contributed by atoms with E-state index in [-0.39, 0.29) is 23.4 Å². The van der Waals surface area contributed by atoms with Gasteiger partial charge in [-0.1, -0.05) is 38.1 Å². The minimum Gasteiger partial charge on any atom is -0.503 e. The van der Waals surface area contributed by atoms with Gasteiger partial charge in [-0.25, -0.2) is 0 Å². The van der Waals surface area contributed by atoms with Gasteiger partial charge in [-0.15, -0.1) is 0 Å². The number of carbonyl (C=O) groups excluding carboxylic acids is 2. The van der Waals surface area contributed by atoms with Gasteiger partial charge in [0.1, 0.15) is 0 Å². The van der Waals surface area contributed by atoms with E-state index in [1.54, 1.807) is 4.90 Å². The third kappa shape index (κ3) is 3.54. The van der Waals surface area contributed by atoms with E-state index >= 15 is 0 Å². The van der Waals surface area contributed by atoms with Gasteiger partial charge in [-0.05, 0) is 36.8 Å². The Morgan fingerprint density at radius 3 is 2.69 bits per heavy atom. The van der Waals surface area contributed by atoms with Crippen LogP contribution in [0, 0.1) is 12.8 Å². The fourth-order valence-corrected chi connectivity index (χ4v) is 3.83. The molecule has 2 aliphatic rings. The van der Waals surface area contributed by atoms with Crippen molar-refractivity contribution in [2.75, 3.05) is 13.2 Å². The van der Waals surface area contributed by atoms with Gasteiger partial charge in [-0.3, -0.25) is 9.59 Å². The second kappa shape index (κ2) is 7.62. The third-order valence-electron chi connectivity index (χ3n) is 5.11. The molecule has 3 rings (SSSR count). The highest BCUT2D eigenvalue weighted by Crippen LogP contribution is 2.40. The summed E-state index contributed by atoms with van der Waals surface area (Å²) in [6.07, 6.45) is 2.13. The lowest BCUT2D eigenvalue weighted by Gasteiger charge is -2.30. The molecule has 2 atom stereocenters. The van der Waals surface area contributed by atoms with Gasteiger partial charge < -0.3 is 14.7 Å². The summed E-state index contributed by atoms with van der Waals surface area (Å²) < 4.78 is 5.69. The first-order chi connectivity index (χ1) is 12.4. The van der Waals surface area contributed by atoms with Gasteiger partial charge in [0.05, 0.1) is 17.7 Å². The fraction of sp³-hybridized carbons (Fsp3) is 0.524. The molecule has 0 aliphatic carbocycles. The summed E-state index contributed by atoms with van der Waals surface area (Å²) in [4.78, 5) is 27.3. The summed E-state index contributed by atoms with van der Waals surface area (Å²) in [6.45, 7) is 6.96. The lowest BCUT2D eigenvalue weighted by molar-refractivity contribution is -0.131. The van der Waals surface area contributed by atoms with E-state index in [1.807, 2.05) is 45.0 Å². The summed E-state index contributed by atoms with van der Waals surface area (Å²) in [7, 11) is 0. The van der Waals surface area contributed by atoms with Crippen molar-refractivity contribution < 1.29 is 19.4 Å². The number of rotatable bonds is 6. The number of hydrogen-bond acceptors (Lipinski definition) is 4. The zero-order chi connectivity index (χ0) is 18.8. The lowest BCUT2D eigenvalue weighted by Crippen LogP contribution is -2.37. The predicted octanol–water partition coefficient (Wildman–Crippen LogP) is 3.48. The summed E-state index contributed by atoms with van der Waals surface area (Å²) in [5.74, 6) is -0.876. The molecule has 0 aromatic heterocycles. The van der Waals surface area contributed by atoms with Crippen molar-refractivity contribution in [2.24, 2.45) is 5.92 Å². The van der Waals surface area contributed by atoms with Crippen molar-refractivity contribution in [1.82, 2.24) is 4.90 Å². The number of carbonyl (C=O) groups is 2. The molecule has 1 fully saturated rings. The molecule has 0 bridgehead atoms. The van der Waals surface area contributed by atoms with Gasteiger partial charge in [0.15, 0.2) is 11.5 Å². The van der Waals surface area contributed by atoms with E-state index in [0.717, 1.165) is 24.0 Å². The van der Waals surface area contributed by atoms with E-state index in [4.69, 9.17) is 4.74 Å². The van der Waals surface area contributed by atoms with Crippen LogP contribution >= 0.6 is 0 Å². The van der Waals surface area contributed by atoms with E-state index in [9.17, 15) is 14.7 Å². The number of Topliss-reactive ketones (excluding diaryl/α,β-unsaturated/α-hetero) is 1. The Bertz CT molecular complexity index is 731. The molecule has 0 radical (unpaired) electrons. The molecule has 0 saturated carbocycles. The largest absolute Gasteiger partial charge is 0.503 e.